The molecule has 1 aliphatic heterocycles. The first-order valence-corrected chi connectivity index (χ1v) is 9.10. The summed E-state index contributed by atoms with van der Waals surface area (Å²) in [6.45, 7) is 2.52. The van der Waals surface area contributed by atoms with Gasteiger partial charge >= 0.3 is 0 Å². The molecule has 2 aromatic carbocycles. The number of hydrogen-bond acceptors (Lipinski definition) is 6. The first kappa shape index (κ1) is 22.6. The van der Waals surface area contributed by atoms with Gasteiger partial charge in [-0.1, -0.05) is 18.2 Å². The molecular weight excluding hydrogens is 396 g/mol. The molecule has 1 saturated heterocycles. The van der Waals surface area contributed by atoms with Gasteiger partial charge in [0.15, 0.2) is 0 Å². The summed E-state index contributed by atoms with van der Waals surface area (Å²) in [5.41, 5.74) is 1.67. The number of nitrogens with one attached hydrogen (secondary N) is 1. The standard InChI is InChI=1S/C20H24N4O4.ClH/c1-22(15-7-9-16(10-8-15)24(26)27)20(25)14-23-12-11-21-13-18(23)17-5-3-4-6-19(17)28-2;/h3-10,18,21H,11-14H2,1-2H3;1H. The number of nitro benzene ring substituents is 1. The van der Waals surface area contributed by atoms with Crippen molar-refractivity contribution in [3.8, 4) is 5.75 Å². The Balaban J connectivity index is 0.00000300. The third kappa shape index (κ3) is 5.23. The average molecular weight is 421 g/mol. The summed E-state index contributed by atoms with van der Waals surface area (Å²) in [4.78, 5) is 26.9. The Kier molecular flexibility index (Phi) is 7.95. The molecule has 8 nitrogen and oxygen atoms in total. The summed E-state index contributed by atoms with van der Waals surface area (Å²) in [6, 6.07) is 13.9. The number of carbonyl (C=O) groups is 1. The van der Waals surface area contributed by atoms with E-state index >= 15 is 0 Å². The molecule has 0 aromatic heterocycles. The van der Waals surface area contributed by atoms with E-state index in [-0.39, 0.29) is 36.6 Å². The van der Waals surface area contributed by atoms with Gasteiger partial charge in [0.1, 0.15) is 5.75 Å². The molecule has 0 saturated carbocycles. The maximum Gasteiger partial charge on any atom is 0.269 e. The minimum atomic E-state index is -0.454. The van der Waals surface area contributed by atoms with E-state index in [0.717, 1.165) is 30.9 Å². The quantitative estimate of drug-likeness (QED) is 0.571. The van der Waals surface area contributed by atoms with E-state index in [1.807, 2.05) is 24.3 Å². The summed E-state index contributed by atoms with van der Waals surface area (Å²) < 4.78 is 5.49. The fraction of sp³-hybridized carbons (Fsp3) is 0.350. The molecule has 1 heterocycles. The molecule has 1 fully saturated rings. The van der Waals surface area contributed by atoms with Gasteiger partial charge in [0.05, 0.1) is 24.6 Å². The first-order valence-electron chi connectivity index (χ1n) is 9.10. The fourth-order valence-electron chi connectivity index (χ4n) is 3.41. The number of carbonyl (C=O) groups excluding carboxylic acids is 1. The smallest absolute Gasteiger partial charge is 0.269 e. The monoisotopic (exact) mass is 420 g/mol. The second-order valence-electron chi connectivity index (χ2n) is 6.66. The maximum absolute atomic E-state index is 12.9. The van der Waals surface area contributed by atoms with Crippen LogP contribution in [0.3, 0.4) is 0 Å². The molecule has 0 spiro atoms. The molecule has 0 radical (unpaired) electrons. The van der Waals surface area contributed by atoms with Crippen molar-refractivity contribution in [2.45, 2.75) is 6.04 Å². The highest BCUT2D eigenvalue weighted by atomic mass is 35.5. The summed E-state index contributed by atoms with van der Waals surface area (Å²) in [5.74, 6) is 0.730. The van der Waals surface area contributed by atoms with Crippen LogP contribution in [0.5, 0.6) is 5.75 Å². The van der Waals surface area contributed by atoms with Gasteiger partial charge in [0.2, 0.25) is 5.91 Å². The number of rotatable bonds is 6. The van der Waals surface area contributed by atoms with Crippen LogP contribution in [0.25, 0.3) is 0 Å². The normalized spacial score (nSPS) is 16.6. The van der Waals surface area contributed by atoms with Crippen LogP contribution in [-0.2, 0) is 4.79 Å². The fourth-order valence-corrected chi connectivity index (χ4v) is 3.41. The Hall–Kier alpha value is -2.68. The van der Waals surface area contributed by atoms with Crippen LogP contribution >= 0.6 is 12.4 Å². The van der Waals surface area contributed by atoms with Crippen molar-refractivity contribution in [2.24, 2.45) is 0 Å². The van der Waals surface area contributed by atoms with E-state index in [0.29, 0.717) is 5.69 Å². The number of hydrogen-bond donors (Lipinski definition) is 1. The number of amides is 1. The second-order valence-corrected chi connectivity index (χ2v) is 6.66. The lowest BCUT2D eigenvalue weighted by atomic mass is 10.0. The minimum Gasteiger partial charge on any atom is -0.496 e. The molecule has 1 atom stereocenters. The highest BCUT2D eigenvalue weighted by Crippen LogP contribution is 2.30. The number of nitrogens with zero attached hydrogens (tertiary/aromatic N) is 3. The number of methoxy groups -OCH3 is 1. The number of ether oxygens (including phenoxy) is 1. The molecule has 1 aliphatic rings. The number of para-hydroxylation sites is 1. The van der Waals surface area contributed by atoms with Crippen molar-refractivity contribution >= 4 is 29.7 Å². The number of likely N-dealkylation sites (N-methyl/N-ethyl adjacent to an activating group) is 1. The number of piperazine rings is 1. The van der Waals surface area contributed by atoms with Crippen molar-refractivity contribution in [2.75, 3.05) is 45.2 Å². The van der Waals surface area contributed by atoms with Crippen molar-refractivity contribution in [3.63, 3.8) is 0 Å². The Bertz CT molecular complexity index is 847. The van der Waals surface area contributed by atoms with Crippen LogP contribution in [0.4, 0.5) is 11.4 Å². The van der Waals surface area contributed by atoms with Crippen LogP contribution in [-0.4, -0.2) is 56.1 Å². The van der Waals surface area contributed by atoms with Gasteiger partial charge in [-0.2, -0.15) is 0 Å². The Morgan fingerprint density at radius 1 is 1.28 bits per heavy atom. The van der Waals surface area contributed by atoms with E-state index in [4.69, 9.17) is 4.74 Å². The summed E-state index contributed by atoms with van der Waals surface area (Å²) >= 11 is 0. The van der Waals surface area contributed by atoms with Crippen molar-refractivity contribution in [1.82, 2.24) is 10.2 Å². The molecule has 9 heteroatoms. The Labute approximate surface area is 176 Å². The average Bonchev–Trinajstić information content (AvgIpc) is 2.73. The van der Waals surface area contributed by atoms with Gasteiger partial charge in [-0.3, -0.25) is 19.8 Å². The van der Waals surface area contributed by atoms with Crippen LogP contribution < -0.4 is 15.0 Å². The van der Waals surface area contributed by atoms with Gasteiger partial charge in [-0.25, -0.2) is 0 Å². The topological polar surface area (TPSA) is 88.0 Å². The van der Waals surface area contributed by atoms with Gasteiger partial charge in [-0.05, 0) is 18.2 Å². The minimum absolute atomic E-state index is 0. The number of halogens is 1. The van der Waals surface area contributed by atoms with Crippen LogP contribution in [0.1, 0.15) is 11.6 Å². The molecule has 1 unspecified atom stereocenters. The van der Waals surface area contributed by atoms with Crippen LogP contribution in [0, 0.1) is 10.1 Å². The Morgan fingerprint density at radius 3 is 2.62 bits per heavy atom. The number of non-ortho nitro benzene ring substituents is 1. The van der Waals surface area contributed by atoms with Gasteiger partial charge < -0.3 is 15.0 Å². The summed E-state index contributed by atoms with van der Waals surface area (Å²) in [5, 5.41) is 14.2. The molecular formula is C20H25ClN4O4. The van der Waals surface area contributed by atoms with Crippen LogP contribution in [0.15, 0.2) is 48.5 Å². The predicted molar refractivity (Wildman–Crippen MR) is 114 cm³/mol. The molecule has 2 aromatic rings. The van der Waals surface area contributed by atoms with E-state index in [1.54, 1.807) is 26.3 Å². The van der Waals surface area contributed by atoms with Gasteiger partial charge in [-0.15, -0.1) is 12.4 Å². The van der Waals surface area contributed by atoms with Crippen molar-refractivity contribution < 1.29 is 14.5 Å². The number of benzene rings is 2. The third-order valence-corrected chi connectivity index (χ3v) is 5.01. The molecule has 0 aliphatic carbocycles. The molecule has 1 amide bonds. The molecule has 156 valence electrons. The van der Waals surface area contributed by atoms with E-state index in [2.05, 4.69) is 10.2 Å². The zero-order valence-corrected chi connectivity index (χ0v) is 17.2. The SMILES string of the molecule is COc1ccccc1C1CNCCN1CC(=O)N(C)c1ccc([N+](=O)[O-])cc1.Cl. The van der Waals surface area contributed by atoms with E-state index < -0.39 is 4.92 Å². The Morgan fingerprint density at radius 2 is 1.97 bits per heavy atom. The lowest BCUT2D eigenvalue weighted by molar-refractivity contribution is -0.384. The molecule has 29 heavy (non-hydrogen) atoms. The lowest BCUT2D eigenvalue weighted by Crippen LogP contribution is -2.49. The highest BCUT2D eigenvalue weighted by Gasteiger charge is 2.28. The third-order valence-electron chi connectivity index (χ3n) is 5.01. The summed E-state index contributed by atoms with van der Waals surface area (Å²) in [6.07, 6.45) is 0. The van der Waals surface area contributed by atoms with Crippen LogP contribution in [0.2, 0.25) is 0 Å². The zero-order chi connectivity index (χ0) is 20.1. The van der Waals surface area contributed by atoms with Crippen molar-refractivity contribution in [3.05, 3.63) is 64.2 Å². The first-order chi connectivity index (χ1) is 13.5. The lowest BCUT2D eigenvalue weighted by Gasteiger charge is -2.37. The van der Waals surface area contributed by atoms with E-state index in [9.17, 15) is 14.9 Å². The largest absolute Gasteiger partial charge is 0.496 e. The summed E-state index contributed by atoms with van der Waals surface area (Å²) in [7, 11) is 3.33. The predicted octanol–water partition coefficient (Wildman–Crippen LogP) is 2.63. The molecule has 3 rings (SSSR count). The van der Waals surface area contributed by atoms with E-state index in [1.165, 1.54) is 17.0 Å². The maximum atomic E-state index is 12.9. The molecule has 0 bridgehead atoms. The van der Waals surface area contributed by atoms with Gasteiger partial charge in [0, 0.05) is 50.1 Å². The highest BCUT2D eigenvalue weighted by molar-refractivity contribution is 5.94. The zero-order valence-electron chi connectivity index (χ0n) is 16.4. The number of nitro groups is 1. The van der Waals surface area contributed by atoms with Gasteiger partial charge in [0.25, 0.3) is 5.69 Å². The number of anilines is 1. The van der Waals surface area contributed by atoms with Crippen molar-refractivity contribution in [1.29, 1.82) is 0 Å². The second kappa shape index (κ2) is 10.2. The molecule has 1 N–H and O–H groups in total.